The second-order valence-corrected chi connectivity index (χ2v) is 8.95. The van der Waals surface area contributed by atoms with E-state index in [4.69, 9.17) is 40.5 Å². The summed E-state index contributed by atoms with van der Waals surface area (Å²) in [5, 5.41) is 16.1. The first-order valence-electron chi connectivity index (χ1n) is 10.5. The van der Waals surface area contributed by atoms with Crippen molar-refractivity contribution in [3.63, 3.8) is 0 Å². The third-order valence-corrected chi connectivity index (χ3v) is 5.42. The number of aromatic nitrogens is 4. The van der Waals surface area contributed by atoms with Crippen LogP contribution in [0.3, 0.4) is 0 Å². The molecule has 0 fully saturated rings. The molecule has 0 atom stereocenters. The molecular weight excluding hydrogens is 583 g/mol. The Morgan fingerprint density at radius 2 is 1.07 bits per heavy atom. The maximum absolute atomic E-state index is 13.2. The minimum Gasteiger partial charge on any atom is -0.399 e. The van der Waals surface area contributed by atoms with Crippen LogP contribution in [0.2, 0.25) is 15.1 Å². The maximum atomic E-state index is 13.2. The van der Waals surface area contributed by atoms with Crippen LogP contribution >= 0.6 is 34.8 Å². The van der Waals surface area contributed by atoms with Crippen LogP contribution in [0.1, 0.15) is 33.4 Å². The number of rotatable bonds is 2. The molecule has 0 saturated heterocycles. The summed E-state index contributed by atoms with van der Waals surface area (Å²) in [4.78, 5) is 0. The average molecular weight is 611 g/mol. The predicted octanol–water partition coefficient (Wildman–Crippen LogP) is 9.45. The summed E-state index contributed by atoms with van der Waals surface area (Å²) < 4.78 is 34.6. The molecule has 0 bridgehead atoms. The van der Waals surface area contributed by atoms with Gasteiger partial charge >= 0.3 is 0 Å². The van der Waals surface area contributed by atoms with Crippen LogP contribution in [0.15, 0.2) is 82.1 Å². The number of hydrogen-bond acceptors (Lipinski definition) is 7. The zero-order valence-corrected chi connectivity index (χ0v) is 21.0. The number of hydrogen-bond donors (Lipinski definition) is 1. The number of anilines is 1. The van der Waals surface area contributed by atoms with Gasteiger partial charge < -0.3 is 5.73 Å². The molecule has 7 nitrogen and oxygen atoms in total. The van der Waals surface area contributed by atoms with Gasteiger partial charge in [-0.2, -0.15) is 0 Å². The van der Waals surface area contributed by atoms with E-state index in [1.807, 2.05) is 18.2 Å². The van der Waals surface area contributed by atoms with Gasteiger partial charge in [-0.05, 0) is 105 Å². The molecule has 2 aromatic heterocycles. The lowest BCUT2D eigenvalue weighted by molar-refractivity contribution is 0.315. The van der Waals surface area contributed by atoms with Crippen LogP contribution in [-0.2, 0) is 6.42 Å². The third kappa shape index (κ3) is 9.75. The zero-order chi connectivity index (χ0) is 26.4. The van der Waals surface area contributed by atoms with Gasteiger partial charge in [0, 0.05) is 20.8 Å². The van der Waals surface area contributed by atoms with Crippen LogP contribution in [0.5, 0.6) is 0 Å². The van der Waals surface area contributed by atoms with Crippen molar-refractivity contribution in [3.05, 3.63) is 111 Å². The molecule has 12 heteroatoms. The van der Waals surface area contributed by atoms with E-state index in [-0.39, 0.29) is 28.1 Å². The molecule has 212 valence electrons. The number of halogens is 5. The van der Waals surface area contributed by atoms with Gasteiger partial charge in [-0.3, -0.25) is 0 Å². The third-order valence-electron chi connectivity index (χ3n) is 4.75. The SMILES string of the molecule is C.C.C.Clc1ccc2nonc2c1.Fc1cc(Cl)cc(Cc2ccc3nonc3c2)c1.Nc1cc(F)cc(Cl)c1. The molecule has 2 heterocycles. The van der Waals surface area contributed by atoms with Gasteiger partial charge in [0.15, 0.2) is 0 Å². The minimum absolute atomic E-state index is 0. The number of fused-ring (bicyclic) bond motifs is 2. The Morgan fingerprint density at radius 3 is 1.65 bits per heavy atom. The van der Waals surface area contributed by atoms with Crippen molar-refractivity contribution in [2.45, 2.75) is 28.7 Å². The number of benzene rings is 4. The Bertz CT molecular complexity index is 1590. The summed E-state index contributed by atoms with van der Waals surface area (Å²) in [7, 11) is 0. The molecule has 0 aliphatic heterocycles. The van der Waals surface area contributed by atoms with Gasteiger partial charge in [0.2, 0.25) is 0 Å². The molecule has 0 amide bonds. The Kier molecular flexibility index (Phi) is 13.4. The lowest BCUT2D eigenvalue weighted by Gasteiger charge is -2.03. The van der Waals surface area contributed by atoms with Crippen molar-refractivity contribution in [2.75, 3.05) is 5.73 Å². The number of nitrogens with two attached hydrogens (primary N) is 1. The van der Waals surface area contributed by atoms with E-state index in [0.717, 1.165) is 16.6 Å². The monoisotopic (exact) mass is 609 g/mol. The highest BCUT2D eigenvalue weighted by Crippen LogP contribution is 2.19. The lowest BCUT2D eigenvalue weighted by Crippen LogP contribution is -1.90. The van der Waals surface area contributed by atoms with Crippen LogP contribution in [0.25, 0.3) is 22.1 Å². The molecule has 0 aliphatic carbocycles. The van der Waals surface area contributed by atoms with Crippen molar-refractivity contribution in [3.8, 4) is 0 Å². The lowest BCUT2D eigenvalue weighted by atomic mass is 10.0. The first kappa shape index (κ1) is 34.2. The van der Waals surface area contributed by atoms with Gasteiger partial charge in [-0.25, -0.2) is 18.0 Å². The molecule has 0 aliphatic rings. The fourth-order valence-electron chi connectivity index (χ4n) is 3.22. The highest BCUT2D eigenvalue weighted by molar-refractivity contribution is 6.31. The van der Waals surface area contributed by atoms with Crippen molar-refractivity contribution < 1.29 is 18.0 Å². The summed E-state index contributed by atoms with van der Waals surface area (Å²) in [6, 6.07) is 19.2. The summed E-state index contributed by atoms with van der Waals surface area (Å²) >= 11 is 16.9. The van der Waals surface area contributed by atoms with Crippen molar-refractivity contribution in [1.82, 2.24) is 20.6 Å². The topological polar surface area (TPSA) is 104 Å². The Labute approximate surface area is 245 Å². The predicted molar refractivity (Wildman–Crippen MR) is 159 cm³/mol. The zero-order valence-electron chi connectivity index (χ0n) is 18.7. The summed E-state index contributed by atoms with van der Waals surface area (Å²) in [5.74, 6) is -0.735. The molecule has 0 unspecified atom stereocenters. The second-order valence-electron chi connectivity index (χ2n) is 7.64. The fourth-order valence-corrected chi connectivity index (χ4v) is 3.86. The van der Waals surface area contributed by atoms with E-state index in [1.165, 1.54) is 30.3 Å². The van der Waals surface area contributed by atoms with Gasteiger partial charge in [0.05, 0.1) is 0 Å². The van der Waals surface area contributed by atoms with E-state index in [9.17, 15) is 8.78 Å². The number of nitrogen functional groups attached to an aromatic ring is 1. The molecule has 2 N–H and O–H groups in total. The Balaban J connectivity index is 0.000000313. The fraction of sp³-hybridized carbons (Fsp3) is 0.143. The molecule has 0 spiro atoms. The van der Waals surface area contributed by atoms with Crippen LogP contribution in [0.4, 0.5) is 14.5 Å². The van der Waals surface area contributed by atoms with E-state index >= 15 is 0 Å². The van der Waals surface area contributed by atoms with Gasteiger partial charge in [0.1, 0.15) is 33.7 Å². The smallest absolute Gasteiger partial charge is 0.136 e. The number of nitrogens with zero attached hydrogens (tertiary/aromatic N) is 4. The van der Waals surface area contributed by atoms with Crippen molar-refractivity contribution >= 4 is 62.6 Å². The largest absolute Gasteiger partial charge is 0.399 e. The molecule has 0 radical (unpaired) electrons. The van der Waals surface area contributed by atoms with Gasteiger partial charge in [0.25, 0.3) is 0 Å². The second kappa shape index (κ2) is 15.7. The first-order valence-corrected chi connectivity index (χ1v) is 11.6. The van der Waals surface area contributed by atoms with E-state index in [2.05, 4.69) is 29.9 Å². The van der Waals surface area contributed by atoms with Crippen LogP contribution < -0.4 is 5.73 Å². The van der Waals surface area contributed by atoms with E-state index < -0.39 is 5.82 Å². The summed E-state index contributed by atoms with van der Waals surface area (Å²) in [6.07, 6.45) is 0.584. The normalized spacial score (nSPS) is 9.72. The molecular formula is C28H28Cl3F2N5O2. The highest BCUT2D eigenvalue weighted by Gasteiger charge is 2.05. The van der Waals surface area contributed by atoms with Crippen LogP contribution in [-0.4, -0.2) is 20.6 Å². The summed E-state index contributed by atoms with van der Waals surface area (Å²) in [5.41, 5.74) is 10.2. The Hall–Kier alpha value is -3.79. The molecule has 0 saturated carbocycles. The van der Waals surface area contributed by atoms with Crippen LogP contribution in [0, 0.1) is 11.6 Å². The molecule has 4 aromatic carbocycles. The summed E-state index contributed by atoms with van der Waals surface area (Å²) in [6.45, 7) is 0. The van der Waals surface area contributed by atoms with E-state index in [1.54, 1.807) is 24.3 Å². The van der Waals surface area contributed by atoms with Crippen molar-refractivity contribution in [2.24, 2.45) is 0 Å². The minimum atomic E-state index is -0.403. The molecule has 6 aromatic rings. The quantitative estimate of drug-likeness (QED) is 0.195. The average Bonchev–Trinajstić information content (AvgIpc) is 3.47. The van der Waals surface area contributed by atoms with Gasteiger partial charge in [-0.1, -0.05) is 63.1 Å². The standard InChI is InChI=1S/C13H8ClFN2O.C6H5ClFN.C6H3ClN2O.3CH4/c14-10-4-9(5-11(15)7-10)3-8-1-2-12-13(6-8)17-18-16-12;7-4-1-5(8)3-6(9)2-4;7-4-1-2-5-6(3-4)9-10-8-5;;;/h1-2,4-7H,3H2;1-3H,9H2;1-3H;3*1H4. The molecule has 40 heavy (non-hydrogen) atoms. The first-order chi connectivity index (χ1) is 17.7. The van der Waals surface area contributed by atoms with E-state index in [0.29, 0.717) is 43.7 Å². The molecule has 6 rings (SSSR count). The highest BCUT2D eigenvalue weighted by atomic mass is 35.5. The maximum Gasteiger partial charge on any atom is 0.136 e. The Morgan fingerprint density at radius 1 is 0.550 bits per heavy atom. The van der Waals surface area contributed by atoms with Crippen molar-refractivity contribution in [1.29, 1.82) is 0 Å². The van der Waals surface area contributed by atoms with Gasteiger partial charge in [-0.15, -0.1) is 0 Å².